The molecular formula is C25H28F3N5O3. The Morgan fingerprint density at radius 2 is 1.94 bits per heavy atom. The van der Waals surface area contributed by atoms with Crippen molar-refractivity contribution in [3.05, 3.63) is 53.0 Å². The van der Waals surface area contributed by atoms with Crippen LogP contribution in [0.3, 0.4) is 0 Å². The van der Waals surface area contributed by atoms with E-state index in [1.165, 1.54) is 33.4 Å². The average molecular weight is 504 g/mol. The maximum atomic E-state index is 13.4. The van der Waals surface area contributed by atoms with Crippen molar-refractivity contribution in [3.8, 4) is 5.88 Å². The van der Waals surface area contributed by atoms with Crippen molar-refractivity contribution >= 4 is 22.6 Å². The number of ether oxygens (including phenoxy) is 1. The smallest absolute Gasteiger partial charge is 0.416 e. The van der Waals surface area contributed by atoms with Gasteiger partial charge >= 0.3 is 6.18 Å². The van der Waals surface area contributed by atoms with Gasteiger partial charge in [-0.1, -0.05) is 12.1 Å². The molecule has 3 heterocycles. The van der Waals surface area contributed by atoms with Crippen LogP contribution in [-0.2, 0) is 16.6 Å². The number of aliphatic hydroxyl groups is 1. The van der Waals surface area contributed by atoms with Crippen LogP contribution in [0.1, 0.15) is 55.1 Å². The van der Waals surface area contributed by atoms with Crippen molar-refractivity contribution in [3.63, 3.8) is 0 Å². The number of piperidine rings is 1. The lowest BCUT2D eigenvalue weighted by molar-refractivity contribution is -0.138. The molecule has 2 N–H and O–H groups in total. The van der Waals surface area contributed by atoms with Gasteiger partial charge in [0.2, 0.25) is 11.8 Å². The molecular weight excluding hydrogens is 475 g/mol. The van der Waals surface area contributed by atoms with Crippen molar-refractivity contribution in [1.82, 2.24) is 19.9 Å². The van der Waals surface area contributed by atoms with Crippen LogP contribution in [0.2, 0.25) is 0 Å². The van der Waals surface area contributed by atoms with E-state index in [0.717, 1.165) is 6.07 Å². The summed E-state index contributed by atoms with van der Waals surface area (Å²) in [6.07, 6.45) is -2.54. The lowest BCUT2D eigenvalue weighted by atomic mass is 9.87. The summed E-state index contributed by atoms with van der Waals surface area (Å²) in [6, 6.07) is 5.25. The van der Waals surface area contributed by atoms with Crippen molar-refractivity contribution in [2.24, 2.45) is 0 Å². The Balaban J connectivity index is 1.73. The first-order chi connectivity index (χ1) is 16.9. The molecule has 4 rings (SSSR count). The number of carbonyl (C=O) groups is 1. The molecule has 1 aliphatic heterocycles. The average Bonchev–Trinajstić information content (AvgIpc) is 2.83. The molecule has 1 aromatic carbocycles. The lowest BCUT2D eigenvalue weighted by Crippen LogP contribution is -2.44. The number of fused-ring (bicyclic) bond motifs is 1. The van der Waals surface area contributed by atoms with Crippen molar-refractivity contribution in [2.75, 3.05) is 25.5 Å². The van der Waals surface area contributed by atoms with Crippen LogP contribution in [0.5, 0.6) is 5.88 Å². The van der Waals surface area contributed by atoms with Crippen molar-refractivity contribution in [1.29, 1.82) is 0 Å². The maximum Gasteiger partial charge on any atom is 0.416 e. The van der Waals surface area contributed by atoms with E-state index in [4.69, 9.17) is 4.74 Å². The number of aromatic nitrogens is 3. The van der Waals surface area contributed by atoms with Crippen LogP contribution in [0.4, 0.5) is 19.0 Å². The second-order valence-electron chi connectivity index (χ2n) is 9.06. The number of halogens is 3. The van der Waals surface area contributed by atoms with E-state index in [9.17, 15) is 23.1 Å². The lowest BCUT2D eigenvalue weighted by Gasteiger charge is -2.37. The summed E-state index contributed by atoms with van der Waals surface area (Å²) in [5.74, 6) is 0.508. The molecule has 1 amide bonds. The van der Waals surface area contributed by atoms with Gasteiger partial charge in [0.1, 0.15) is 23.3 Å². The van der Waals surface area contributed by atoms with Crippen LogP contribution in [0, 0.1) is 6.92 Å². The monoisotopic (exact) mass is 503 g/mol. The molecule has 0 radical (unpaired) electrons. The van der Waals surface area contributed by atoms with Gasteiger partial charge in [-0.25, -0.2) is 15.0 Å². The highest BCUT2D eigenvalue weighted by Gasteiger charge is 2.37. The Kier molecular flexibility index (Phi) is 6.78. The second-order valence-corrected chi connectivity index (χ2v) is 9.06. The van der Waals surface area contributed by atoms with E-state index in [0.29, 0.717) is 53.9 Å². The molecule has 1 atom stereocenters. The van der Waals surface area contributed by atoms with Crippen LogP contribution in [0.15, 0.2) is 30.6 Å². The van der Waals surface area contributed by atoms with E-state index in [-0.39, 0.29) is 17.4 Å². The molecule has 3 aromatic rings. The first kappa shape index (κ1) is 25.6. The molecule has 0 spiro atoms. The fourth-order valence-corrected chi connectivity index (χ4v) is 4.69. The summed E-state index contributed by atoms with van der Waals surface area (Å²) in [5.41, 5.74) is -0.604. The van der Waals surface area contributed by atoms with E-state index in [1.54, 1.807) is 24.0 Å². The second kappa shape index (κ2) is 9.53. The van der Waals surface area contributed by atoms with Crippen LogP contribution >= 0.6 is 0 Å². The Morgan fingerprint density at radius 3 is 2.56 bits per heavy atom. The fourth-order valence-electron chi connectivity index (χ4n) is 4.69. The van der Waals surface area contributed by atoms with Gasteiger partial charge in [-0.2, -0.15) is 13.2 Å². The number of anilines is 1. The SMILES string of the molecule is COc1nc(C2(O)CCN(C(C)=O)CC2)cc2c(NC(C)c3cccc(C(F)(F)F)c3C)ncnc12. The number of pyridine rings is 1. The summed E-state index contributed by atoms with van der Waals surface area (Å²) >= 11 is 0. The number of hydrogen-bond acceptors (Lipinski definition) is 7. The third-order valence-corrected chi connectivity index (χ3v) is 6.80. The number of nitrogens with one attached hydrogen (secondary N) is 1. The van der Waals surface area contributed by atoms with Gasteiger partial charge in [0.05, 0.1) is 29.8 Å². The number of nitrogens with zero attached hydrogens (tertiary/aromatic N) is 4. The Bertz CT molecular complexity index is 1290. The Morgan fingerprint density at radius 1 is 1.25 bits per heavy atom. The zero-order valence-corrected chi connectivity index (χ0v) is 20.5. The van der Waals surface area contributed by atoms with E-state index < -0.39 is 23.4 Å². The topological polar surface area (TPSA) is 100 Å². The van der Waals surface area contributed by atoms with Crippen LogP contribution in [0.25, 0.3) is 10.9 Å². The molecule has 2 aromatic heterocycles. The minimum Gasteiger partial charge on any atom is -0.479 e. The number of rotatable bonds is 5. The molecule has 8 nitrogen and oxygen atoms in total. The van der Waals surface area contributed by atoms with Gasteiger partial charge < -0.3 is 20.1 Å². The zero-order chi connectivity index (χ0) is 26.3. The van der Waals surface area contributed by atoms with E-state index in [2.05, 4.69) is 20.3 Å². The highest BCUT2D eigenvalue weighted by molar-refractivity contribution is 5.92. The number of hydrogen-bond donors (Lipinski definition) is 2. The van der Waals surface area contributed by atoms with Gasteiger partial charge in [-0.05, 0) is 49.9 Å². The van der Waals surface area contributed by atoms with E-state index in [1.807, 2.05) is 0 Å². The third-order valence-electron chi connectivity index (χ3n) is 6.80. The summed E-state index contributed by atoms with van der Waals surface area (Å²) in [4.78, 5) is 26.5. The molecule has 0 aliphatic carbocycles. The number of carbonyl (C=O) groups excluding carboxylic acids is 1. The molecule has 0 saturated carbocycles. The zero-order valence-electron chi connectivity index (χ0n) is 20.5. The largest absolute Gasteiger partial charge is 0.479 e. The Labute approximate surface area is 206 Å². The molecule has 1 saturated heterocycles. The fraction of sp³-hybridized carbons (Fsp3) is 0.440. The van der Waals surface area contributed by atoms with E-state index >= 15 is 0 Å². The molecule has 36 heavy (non-hydrogen) atoms. The molecule has 1 fully saturated rings. The molecule has 192 valence electrons. The number of alkyl halides is 3. The molecule has 1 unspecified atom stereocenters. The minimum atomic E-state index is -4.46. The summed E-state index contributed by atoms with van der Waals surface area (Å²) in [7, 11) is 1.44. The van der Waals surface area contributed by atoms with Crippen LogP contribution in [-0.4, -0.2) is 51.1 Å². The van der Waals surface area contributed by atoms with Gasteiger partial charge in [0, 0.05) is 20.0 Å². The highest BCUT2D eigenvalue weighted by atomic mass is 19.4. The van der Waals surface area contributed by atoms with Gasteiger partial charge in [-0.3, -0.25) is 4.79 Å². The van der Waals surface area contributed by atoms with Crippen molar-refractivity contribution < 1.29 is 27.8 Å². The van der Waals surface area contributed by atoms with Crippen LogP contribution < -0.4 is 10.1 Å². The minimum absolute atomic E-state index is 0.0557. The third kappa shape index (κ3) is 4.79. The first-order valence-corrected chi connectivity index (χ1v) is 11.6. The normalized spacial score (nSPS) is 16.6. The predicted octanol–water partition coefficient (Wildman–Crippen LogP) is 4.36. The molecule has 1 aliphatic rings. The Hall–Kier alpha value is -3.47. The quantitative estimate of drug-likeness (QED) is 0.534. The number of benzene rings is 1. The predicted molar refractivity (Wildman–Crippen MR) is 127 cm³/mol. The summed E-state index contributed by atoms with van der Waals surface area (Å²) in [6.45, 7) is 5.46. The number of methoxy groups -OCH3 is 1. The van der Waals surface area contributed by atoms with Gasteiger partial charge in [0.25, 0.3) is 0 Å². The van der Waals surface area contributed by atoms with Crippen molar-refractivity contribution in [2.45, 2.75) is 51.4 Å². The van der Waals surface area contributed by atoms with Gasteiger partial charge in [0.15, 0.2) is 0 Å². The van der Waals surface area contributed by atoms with Gasteiger partial charge in [-0.15, -0.1) is 0 Å². The number of amides is 1. The first-order valence-electron chi connectivity index (χ1n) is 11.6. The standard InChI is InChI=1S/C25H28F3N5O3/c1-14-17(6-5-7-19(14)25(26,27)28)15(2)31-22-18-12-20(32-23(36-4)21(18)29-13-30-22)24(35)8-10-33(11-9-24)16(3)34/h5-7,12-13,15,35H,8-11H2,1-4H3,(H,29,30,31). The highest BCUT2D eigenvalue weighted by Crippen LogP contribution is 2.38. The molecule has 0 bridgehead atoms. The number of likely N-dealkylation sites (tertiary alicyclic amines) is 1. The summed E-state index contributed by atoms with van der Waals surface area (Å²) < 4.78 is 45.7. The maximum absolute atomic E-state index is 13.4. The molecule has 11 heteroatoms. The summed E-state index contributed by atoms with van der Waals surface area (Å²) in [5, 5.41) is 15.1.